The number of carbonyl (C=O) groups is 4. The van der Waals surface area contributed by atoms with Crippen molar-refractivity contribution in [3.63, 3.8) is 0 Å². The number of nitrogens with zero attached hydrogens (tertiary/aromatic N) is 1. The molecule has 0 saturated heterocycles. The fourth-order valence-electron chi connectivity index (χ4n) is 1.92. The van der Waals surface area contributed by atoms with Crippen LogP contribution in [0.15, 0.2) is 41.8 Å². The van der Waals surface area contributed by atoms with Crippen LogP contribution in [0, 0.1) is 0 Å². The van der Waals surface area contributed by atoms with Crippen molar-refractivity contribution < 1.29 is 23.9 Å². The summed E-state index contributed by atoms with van der Waals surface area (Å²) in [4.78, 5) is 49.0. The summed E-state index contributed by atoms with van der Waals surface area (Å²) in [5.41, 5.74) is 0.625. The number of hydrogen-bond acceptors (Lipinski definition) is 6. The number of nitrogens with one attached hydrogen (secondary N) is 2. The van der Waals surface area contributed by atoms with E-state index in [-0.39, 0.29) is 23.9 Å². The highest BCUT2D eigenvalue weighted by Crippen LogP contribution is 2.15. The molecule has 0 saturated carbocycles. The molecule has 1 aromatic heterocycles. The molecule has 1 heterocycles. The summed E-state index contributed by atoms with van der Waals surface area (Å²) in [5, 5.41) is 6.84. The number of hydrogen-bond donors (Lipinski definition) is 2. The number of anilines is 1. The monoisotopic (exact) mass is 389 g/mol. The van der Waals surface area contributed by atoms with Gasteiger partial charge in [-0.2, -0.15) is 0 Å². The molecule has 0 aliphatic heterocycles. The zero-order chi connectivity index (χ0) is 19.8. The van der Waals surface area contributed by atoms with Gasteiger partial charge in [0.1, 0.15) is 0 Å². The third kappa shape index (κ3) is 6.23. The number of benzene rings is 1. The lowest BCUT2D eigenvalue weighted by atomic mass is 10.2. The van der Waals surface area contributed by atoms with Crippen LogP contribution >= 0.6 is 11.3 Å². The second-order valence-corrected chi connectivity index (χ2v) is 6.60. The van der Waals surface area contributed by atoms with Crippen molar-refractivity contribution in [2.45, 2.75) is 0 Å². The standard InChI is InChI=1S/C18H19N3O5S/c1-21(2)16(23)10-19-15(22)11-26-18(25)12-5-3-6-13(9-12)20-17(24)14-7-4-8-27-14/h3-9H,10-11H2,1-2H3,(H,19,22)(H,20,24). The molecular formula is C18H19N3O5S. The molecule has 142 valence electrons. The molecule has 3 amide bonds. The third-order valence-electron chi connectivity index (χ3n) is 3.37. The van der Waals surface area contributed by atoms with Crippen molar-refractivity contribution >= 4 is 40.7 Å². The van der Waals surface area contributed by atoms with Gasteiger partial charge < -0.3 is 20.3 Å². The van der Waals surface area contributed by atoms with Gasteiger partial charge >= 0.3 is 5.97 Å². The Bertz CT molecular complexity index is 833. The van der Waals surface area contributed by atoms with E-state index in [1.54, 1.807) is 43.7 Å². The van der Waals surface area contributed by atoms with Crippen molar-refractivity contribution in [1.29, 1.82) is 0 Å². The Balaban J connectivity index is 1.86. The van der Waals surface area contributed by atoms with Crippen LogP contribution in [0.2, 0.25) is 0 Å². The number of rotatable bonds is 7. The van der Waals surface area contributed by atoms with Crippen molar-refractivity contribution in [3.8, 4) is 0 Å². The van der Waals surface area contributed by atoms with Gasteiger partial charge in [0.2, 0.25) is 5.91 Å². The van der Waals surface area contributed by atoms with Gasteiger partial charge in [0.05, 0.1) is 17.0 Å². The first-order valence-electron chi connectivity index (χ1n) is 7.95. The molecule has 27 heavy (non-hydrogen) atoms. The van der Waals surface area contributed by atoms with E-state index < -0.39 is 18.5 Å². The zero-order valence-electron chi connectivity index (χ0n) is 14.9. The Labute approximate surface area is 160 Å². The van der Waals surface area contributed by atoms with Gasteiger partial charge in [0.25, 0.3) is 11.8 Å². The highest BCUT2D eigenvalue weighted by Gasteiger charge is 2.13. The maximum Gasteiger partial charge on any atom is 0.338 e. The van der Waals surface area contributed by atoms with Crippen molar-refractivity contribution in [3.05, 3.63) is 52.2 Å². The average Bonchev–Trinajstić information content (AvgIpc) is 3.19. The van der Waals surface area contributed by atoms with Gasteiger partial charge in [0, 0.05) is 19.8 Å². The molecule has 0 radical (unpaired) electrons. The molecule has 0 fully saturated rings. The maximum absolute atomic E-state index is 12.1. The van der Waals surface area contributed by atoms with E-state index in [1.807, 2.05) is 0 Å². The van der Waals surface area contributed by atoms with E-state index in [1.165, 1.54) is 28.4 Å². The van der Waals surface area contributed by atoms with Gasteiger partial charge in [-0.1, -0.05) is 12.1 Å². The van der Waals surface area contributed by atoms with Gasteiger partial charge in [-0.25, -0.2) is 4.79 Å². The molecule has 2 rings (SSSR count). The first-order chi connectivity index (χ1) is 12.9. The predicted molar refractivity (Wildman–Crippen MR) is 101 cm³/mol. The first-order valence-corrected chi connectivity index (χ1v) is 8.83. The predicted octanol–water partition coefficient (Wildman–Crippen LogP) is 1.36. The number of thiophene rings is 1. The zero-order valence-corrected chi connectivity index (χ0v) is 15.7. The van der Waals surface area contributed by atoms with E-state index in [0.29, 0.717) is 10.6 Å². The Morgan fingerprint density at radius 1 is 1.11 bits per heavy atom. The van der Waals surface area contributed by atoms with E-state index in [4.69, 9.17) is 4.74 Å². The van der Waals surface area contributed by atoms with Crippen molar-refractivity contribution in [2.24, 2.45) is 0 Å². The van der Waals surface area contributed by atoms with Crippen LogP contribution in [0.5, 0.6) is 0 Å². The molecular weight excluding hydrogens is 370 g/mol. The molecule has 2 aromatic rings. The summed E-state index contributed by atoms with van der Waals surface area (Å²) in [6.45, 7) is -0.682. The molecule has 0 spiro atoms. The molecule has 1 aromatic carbocycles. The number of esters is 1. The van der Waals surface area contributed by atoms with Crippen LogP contribution in [0.4, 0.5) is 5.69 Å². The summed E-state index contributed by atoms with van der Waals surface area (Å²) < 4.78 is 4.93. The van der Waals surface area contributed by atoms with E-state index in [9.17, 15) is 19.2 Å². The summed E-state index contributed by atoms with van der Waals surface area (Å²) >= 11 is 1.31. The largest absolute Gasteiger partial charge is 0.452 e. The lowest BCUT2D eigenvalue weighted by molar-refractivity contribution is -0.131. The number of amides is 3. The summed E-state index contributed by atoms with van der Waals surface area (Å²) in [5.74, 6) is -1.85. The summed E-state index contributed by atoms with van der Waals surface area (Å²) in [6.07, 6.45) is 0. The van der Waals surface area contributed by atoms with Crippen LogP contribution in [0.25, 0.3) is 0 Å². The van der Waals surface area contributed by atoms with Crippen molar-refractivity contribution in [2.75, 3.05) is 32.6 Å². The van der Waals surface area contributed by atoms with Gasteiger partial charge in [-0.3, -0.25) is 14.4 Å². The third-order valence-corrected chi connectivity index (χ3v) is 4.24. The quantitative estimate of drug-likeness (QED) is 0.696. The topological polar surface area (TPSA) is 105 Å². The van der Waals surface area contributed by atoms with Gasteiger partial charge in [0.15, 0.2) is 6.61 Å². The lowest BCUT2D eigenvalue weighted by Gasteiger charge is -2.11. The average molecular weight is 389 g/mol. The smallest absolute Gasteiger partial charge is 0.338 e. The molecule has 0 atom stereocenters. The molecule has 8 nitrogen and oxygen atoms in total. The maximum atomic E-state index is 12.1. The molecule has 2 N–H and O–H groups in total. The SMILES string of the molecule is CN(C)C(=O)CNC(=O)COC(=O)c1cccc(NC(=O)c2cccs2)c1. The second kappa shape index (κ2) is 9.48. The number of carbonyl (C=O) groups excluding carboxylic acids is 4. The molecule has 0 unspecified atom stereocenters. The molecule has 0 bridgehead atoms. The minimum Gasteiger partial charge on any atom is -0.452 e. The Hall–Kier alpha value is -3.20. The first kappa shape index (κ1) is 20.1. The van der Waals surface area contributed by atoms with Crippen LogP contribution in [-0.2, 0) is 14.3 Å². The minimum absolute atomic E-state index is 0.173. The molecule has 0 aliphatic rings. The van der Waals surface area contributed by atoms with Gasteiger partial charge in [-0.15, -0.1) is 11.3 Å². The molecule has 9 heteroatoms. The molecule has 0 aliphatic carbocycles. The van der Waals surface area contributed by atoms with E-state index in [2.05, 4.69) is 10.6 Å². The minimum atomic E-state index is -0.712. The lowest BCUT2D eigenvalue weighted by Crippen LogP contribution is -2.38. The van der Waals surface area contributed by atoms with Crippen LogP contribution in [-0.4, -0.2) is 55.8 Å². The van der Waals surface area contributed by atoms with Gasteiger partial charge in [-0.05, 0) is 29.6 Å². The van der Waals surface area contributed by atoms with Crippen LogP contribution in [0.1, 0.15) is 20.0 Å². The fraction of sp³-hybridized carbons (Fsp3) is 0.222. The van der Waals surface area contributed by atoms with Crippen LogP contribution in [0.3, 0.4) is 0 Å². The normalized spacial score (nSPS) is 10.0. The number of likely N-dealkylation sites (N-methyl/N-ethyl adjacent to an activating group) is 1. The highest BCUT2D eigenvalue weighted by molar-refractivity contribution is 7.12. The second-order valence-electron chi connectivity index (χ2n) is 5.65. The Morgan fingerprint density at radius 2 is 1.89 bits per heavy atom. The van der Waals surface area contributed by atoms with Crippen molar-refractivity contribution in [1.82, 2.24) is 10.2 Å². The fourth-order valence-corrected chi connectivity index (χ4v) is 2.54. The Kier molecular flexibility index (Phi) is 7.07. The van der Waals surface area contributed by atoms with Crippen LogP contribution < -0.4 is 10.6 Å². The number of ether oxygens (including phenoxy) is 1. The highest BCUT2D eigenvalue weighted by atomic mass is 32.1. The Morgan fingerprint density at radius 3 is 2.56 bits per heavy atom. The van der Waals surface area contributed by atoms with E-state index >= 15 is 0 Å². The van der Waals surface area contributed by atoms with E-state index in [0.717, 1.165) is 0 Å². The summed E-state index contributed by atoms with van der Waals surface area (Å²) in [7, 11) is 3.14. The summed E-state index contributed by atoms with van der Waals surface area (Å²) in [6, 6.07) is 9.67.